The zero-order valence-corrected chi connectivity index (χ0v) is 7.70. The molecule has 0 unspecified atom stereocenters. The van der Waals surface area contributed by atoms with Gasteiger partial charge in [0.1, 0.15) is 0 Å². The van der Waals surface area contributed by atoms with Crippen LogP contribution in [0.2, 0.25) is 0 Å². The normalized spacial score (nSPS) is 11.4. The van der Waals surface area contributed by atoms with Crippen molar-refractivity contribution >= 4 is 11.4 Å². The standard InChI is InChI=1S/C10H14N2O/c1-2-9(8-13)11-12-10-6-4-3-5-7-10/h3-7,12-13H,2,8H2,1H3/b11-9-. The molecule has 0 aliphatic heterocycles. The highest BCUT2D eigenvalue weighted by molar-refractivity contribution is 5.85. The Balaban J connectivity index is 2.55. The zero-order valence-electron chi connectivity index (χ0n) is 7.70. The largest absolute Gasteiger partial charge is 0.390 e. The third-order valence-electron chi connectivity index (χ3n) is 1.71. The van der Waals surface area contributed by atoms with Crippen LogP contribution < -0.4 is 5.43 Å². The topological polar surface area (TPSA) is 44.6 Å². The van der Waals surface area contributed by atoms with Crippen molar-refractivity contribution in [3.8, 4) is 0 Å². The van der Waals surface area contributed by atoms with Gasteiger partial charge in [0, 0.05) is 0 Å². The molecule has 13 heavy (non-hydrogen) atoms. The van der Waals surface area contributed by atoms with Gasteiger partial charge in [-0.05, 0) is 18.6 Å². The van der Waals surface area contributed by atoms with E-state index in [4.69, 9.17) is 5.11 Å². The second kappa shape index (κ2) is 5.32. The van der Waals surface area contributed by atoms with Gasteiger partial charge in [0.15, 0.2) is 0 Å². The van der Waals surface area contributed by atoms with Crippen LogP contribution in [0.15, 0.2) is 35.4 Å². The van der Waals surface area contributed by atoms with E-state index in [2.05, 4.69) is 10.5 Å². The molecule has 0 fully saturated rings. The first-order chi connectivity index (χ1) is 6.36. The van der Waals surface area contributed by atoms with Gasteiger partial charge in [-0.25, -0.2) is 0 Å². The average Bonchev–Trinajstić information content (AvgIpc) is 2.21. The monoisotopic (exact) mass is 178 g/mol. The first-order valence-electron chi connectivity index (χ1n) is 4.34. The summed E-state index contributed by atoms with van der Waals surface area (Å²) in [7, 11) is 0. The van der Waals surface area contributed by atoms with Gasteiger partial charge in [-0.15, -0.1) is 0 Å². The summed E-state index contributed by atoms with van der Waals surface area (Å²) < 4.78 is 0. The first-order valence-corrected chi connectivity index (χ1v) is 4.34. The Kier molecular flexibility index (Phi) is 3.99. The van der Waals surface area contributed by atoms with E-state index in [1.54, 1.807) is 0 Å². The minimum absolute atomic E-state index is 0.0103. The molecule has 70 valence electrons. The van der Waals surface area contributed by atoms with Crippen molar-refractivity contribution in [2.45, 2.75) is 13.3 Å². The van der Waals surface area contributed by atoms with E-state index in [0.29, 0.717) is 0 Å². The second-order valence-electron chi connectivity index (χ2n) is 2.67. The van der Waals surface area contributed by atoms with Gasteiger partial charge in [-0.3, -0.25) is 5.43 Å². The number of hydrogen-bond donors (Lipinski definition) is 2. The molecule has 0 bridgehead atoms. The summed E-state index contributed by atoms with van der Waals surface area (Å²) >= 11 is 0. The van der Waals surface area contributed by atoms with Crippen LogP contribution in [0, 0.1) is 0 Å². The van der Waals surface area contributed by atoms with Gasteiger partial charge in [0.2, 0.25) is 0 Å². The molecule has 0 aliphatic carbocycles. The summed E-state index contributed by atoms with van der Waals surface area (Å²) in [6.45, 7) is 1.97. The van der Waals surface area contributed by atoms with Gasteiger partial charge in [-0.2, -0.15) is 5.10 Å². The molecular weight excluding hydrogens is 164 g/mol. The summed E-state index contributed by atoms with van der Waals surface area (Å²) in [6, 6.07) is 9.66. The van der Waals surface area contributed by atoms with E-state index in [1.807, 2.05) is 37.3 Å². The number of benzene rings is 1. The Morgan fingerprint density at radius 1 is 1.38 bits per heavy atom. The minimum Gasteiger partial charge on any atom is -0.390 e. The van der Waals surface area contributed by atoms with Gasteiger partial charge in [0.25, 0.3) is 0 Å². The highest BCUT2D eigenvalue weighted by Crippen LogP contribution is 2.04. The molecule has 0 spiro atoms. The van der Waals surface area contributed by atoms with Crippen LogP contribution in [0.1, 0.15) is 13.3 Å². The summed E-state index contributed by atoms with van der Waals surface area (Å²) in [5, 5.41) is 12.9. The molecule has 1 aromatic carbocycles. The number of hydrogen-bond acceptors (Lipinski definition) is 3. The first kappa shape index (κ1) is 9.74. The van der Waals surface area contributed by atoms with Gasteiger partial charge < -0.3 is 5.11 Å². The summed E-state index contributed by atoms with van der Waals surface area (Å²) in [6.07, 6.45) is 0.760. The number of anilines is 1. The Bertz CT molecular complexity index is 264. The summed E-state index contributed by atoms with van der Waals surface area (Å²) in [4.78, 5) is 0. The number of aliphatic hydroxyl groups excluding tert-OH is 1. The summed E-state index contributed by atoms with van der Waals surface area (Å²) in [5.74, 6) is 0. The number of aliphatic hydroxyl groups is 1. The number of nitrogens with zero attached hydrogens (tertiary/aromatic N) is 1. The third-order valence-corrected chi connectivity index (χ3v) is 1.71. The van der Waals surface area contributed by atoms with Crippen LogP contribution in [0.4, 0.5) is 5.69 Å². The van der Waals surface area contributed by atoms with Crippen LogP contribution in [0.5, 0.6) is 0 Å². The molecule has 1 aromatic rings. The number of nitrogens with one attached hydrogen (secondary N) is 1. The minimum atomic E-state index is 0.0103. The van der Waals surface area contributed by atoms with Gasteiger partial charge in [-0.1, -0.05) is 25.1 Å². The molecule has 2 N–H and O–H groups in total. The molecule has 0 heterocycles. The molecule has 0 saturated heterocycles. The van der Waals surface area contributed by atoms with Gasteiger partial charge >= 0.3 is 0 Å². The SMILES string of the molecule is CC/C(CO)=N/Nc1ccccc1. The number of hydrazone groups is 1. The van der Waals surface area contributed by atoms with Crippen molar-refractivity contribution in [3.05, 3.63) is 30.3 Å². The maximum absolute atomic E-state index is 8.83. The fourth-order valence-corrected chi connectivity index (χ4v) is 0.883. The summed E-state index contributed by atoms with van der Waals surface area (Å²) in [5.41, 5.74) is 4.56. The fourth-order valence-electron chi connectivity index (χ4n) is 0.883. The van der Waals surface area contributed by atoms with Crippen molar-refractivity contribution in [2.75, 3.05) is 12.0 Å². The van der Waals surface area contributed by atoms with E-state index in [9.17, 15) is 0 Å². The van der Waals surface area contributed by atoms with E-state index in [1.165, 1.54) is 0 Å². The highest BCUT2D eigenvalue weighted by atomic mass is 16.3. The van der Waals surface area contributed by atoms with Crippen LogP contribution in [0.3, 0.4) is 0 Å². The molecule has 3 heteroatoms. The molecular formula is C10H14N2O. The molecule has 0 amide bonds. The molecule has 0 aliphatic rings. The Hall–Kier alpha value is -1.35. The number of para-hydroxylation sites is 1. The number of rotatable bonds is 4. The molecule has 1 rings (SSSR count). The van der Waals surface area contributed by atoms with Crippen molar-refractivity contribution in [1.29, 1.82) is 0 Å². The van der Waals surface area contributed by atoms with E-state index in [0.717, 1.165) is 17.8 Å². The predicted molar refractivity (Wildman–Crippen MR) is 54.9 cm³/mol. The quantitative estimate of drug-likeness (QED) is 0.546. The van der Waals surface area contributed by atoms with Crippen molar-refractivity contribution in [3.63, 3.8) is 0 Å². The molecule has 0 radical (unpaired) electrons. The van der Waals surface area contributed by atoms with Gasteiger partial charge in [0.05, 0.1) is 18.0 Å². The third kappa shape index (κ3) is 3.25. The Labute approximate surface area is 78.1 Å². The van der Waals surface area contributed by atoms with E-state index >= 15 is 0 Å². The maximum Gasteiger partial charge on any atom is 0.0831 e. The molecule has 0 atom stereocenters. The lowest BCUT2D eigenvalue weighted by Crippen LogP contribution is -2.05. The molecule has 0 saturated carbocycles. The van der Waals surface area contributed by atoms with Crippen molar-refractivity contribution in [2.24, 2.45) is 5.10 Å². The second-order valence-corrected chi connectivity index (χ2v) is 2.67. The molecule has 3 nitrogen and oxygen atoms in total. The van der Waals surface area contributed by atoms with Crippen molar-refractivity contribution < 1.29 is 5.11 Å². The van der Waals surface area contributed by atoms with Crippen molar-refractivity contribution in [1.82, 2.24) is 0 Å². The lowest BCUT2D eigenvalue weighted by atomic mass is 10.3. The lowest BCUT2D eigenvalue weighted by molar-refractivity contribution is 0.355. The zero-order chi connectivity index (χ0) is 9.52. The van der Waals surface area contributed by atoms with E-state index in [-0.39, 0.29) is 6.61 Å². The Morgan fingerprint density at radius 3 is 2.62 bits per heavy atom. The Morgan fingerprint density at radius 2 is 2.08 bits per heavy atom. The van der Waals surface area contributed by atoms with Crippen LogP contribution in [0.25, 0.3) is 0 Å². The average molecular weight is 178 g/mol. The van der Waals surface area contributed by atoms with Crippen LogP contribution in [-0.4, -0.2) is 17.4 Å². The van der Waals surface area contributed by atoms with Crippen LogP contribution >= 0.6 is 0 Å². The van der Waals surface area contributed by atoms with E-state index < -0.39 is 0 Å². The smallest absolute Gasteiger partial charge is 0.0831 e. The van der Waals surface area contributed by atoms with Crippen LogP contribution in [-0.2, 0) is 0 Å². The highest BCUT2D eigenvalue weighted by Gasteiger charge is 1.92. The lowest BCUT2D eigenvalue weighted by Gasteiger charge is -2.01. The molecule has 0 aromatic heterocycles. The maximum atomic E-state index is 8.83. The predicted octanol–water partition coefficient (Wildman–Crippen LogP) is 1.86. The fraction of sp³-hybridized carbons (Fsp3) is 0.300.